The Labute approximate surface area is 187 Å². The molecule has 3 heterocycles. The molecule has 156 valence electrons. The van der Waals surface area contributed by atoms with Gasteiger partial charge in [0, 0.05) is 24.4 Å². The molecular formula is C27H27N3S. The zero-order valence-electron chi connectivity index (χ0n) is 17.8. The van der Waals surface area contributed by atoms with Crippen molar-refractivity contribution in [2.45, 2.75) is 51.5 Å². The van der Waals surface area contributed by atoms with Gasteiger partial charge in [-0.3, -0.25) is 0 Å². The summed E-state index contributed by atoms with van der Waals surface area (Å²) < 4.78 is 0. The summed E-state index contributed by atoms with van der Waals surface area (Å²) in [6, 6.07) is 19.5. The first-order chi connectivity index (χ1) is 15.3. The SMILES string of the molecule is c1ccc(Cc2nc(N3CCc4ccccc4C3)c3c4c(sc3n2)CCCCC4)cc1. The quantitative estimate of drug-likeness (QED) is 0.371. The molecule has 0 saturated carbocycles. The summed E-state index contributed by atoms with van der Waals surface area (Å²) in [5.74, 6) is 2.12. The lowest BCUT2D eigenvalue weighted by atomic mass is 9.99. The minimum atomic E-state index is 0.788. The summed E-state index contributed by atoms with van der Waals surface area (Å²) in [7, 11) is 0. The van der Waals surface area contributed by atoms with Gasteiger partial charge in [0.05, 0.1) is 5.39 Å². The monoisotopic (exact) mass is 425 g/mol. The van der Waals surface area contributed by atoms with E-state index in [0.29, 0.717) is 0 Å². The molecule has 3 nitrogen and oxygen atoms in total. The lowest BCUT2D eigenvalue weighted by molar-refractivity contribution is 0.711. The van der Waals surface area contributed by atoms with Crippen LogP contribution < -0.4 is 4.90 Å². The van der Waals surface area contributed by atoms with Crippen LogP contribution in [-0.2, 0) is 32.2 Å². The lowest BCUT2D eigenvalue weighted by Gasteiger charge is -2.30. The molecule has 0 spiro atoms. The third-order valence-corrected chi connectivity index (χ3v) is 7.91. The number of hydrogen-bond donors (Lipinski definition) is 0. The van der Waals surface area contributed by atoms with Crippen molar-refractivity contribution in [3.8, 4) is 0 Å². The van der Waals surface area contributed by atoms with Crippen molar-refractivity contribution in [2.24, 2.45) is 0 Å². The fourth-order valence-electron chi connectivity index (χ4n) is 5.12. The Morgan fingerprint density at radius 3 is 2.52 bits per heavy atom. The molecule has 2 aliphatic rings. The highest BCUT2D eigenvalue weighted by Gasteiger charge is 2.25. The van der Waals surface area contributed by atoms with Crippen LogP contribution >= 0.6 is 11.3 Å². The Morgan fingerprint density at radius 1 is 0.806 bits per heavy atom. The van der Waals surface area contributed by atoms with E-state index >= 15 is 0 Å². The number of hydrogen-bond acceptors (Lipinski definition) is 4. The van der Waals surface area contributed by atoms with E-state index in [2.05, 4.69) is 59.5 Å². The van der Waals surface area contributed by atoms with E-state index in [9.17, 15) is 0 Å². The summed E-state index contributed by atoms with van der Waals surface area (Å²) in [5, 5.41) is 1.35. The van der Waals surface area contributed by atoms with Crippen molar-refractivity contribution >= 4 is 27.4 Å². The molecule has 1 aliphatic heterocycles. The van der Waals surface area contributed by atoms with Crippen molar-refractivity contribution < 1.29 is 0 Å². The molecule has 0 amide bonds. The molecule has 0 atom stereocenters. The normalized spacial score (nSPS) is 16.1. The number of benzene rings is 2. The van der Waals surface area contributed by atoms with Crippen molar-refractivity contribution in [1.29, 1.82) is 0 Å². The fraction of sp³-hybridized carbons (Fsp3) is 0.333. The predicted octanol–water partition coefficient (Wildman–Crippen LogP) is 6.11. The maximum absolute atomic E-state index is 5.23. The first kappa shape index (κ1) is 19.0. The van der Waals surface area contributed by atoms with E-state index in [1.54, 1.807) is 4.88 Å². The third-order valence-electron chi connectivity index (χ3n) is 6.73. The first-order valence-electron chi connectivity index (χ1n) is 11.5. The van der Waals surface area contributed by atoms with Crippen LogP contribution in [0.5, 0.6) is 0 Å². The van der Waals surface area contributed by atoms with Gasteiger partial charge >= 0.3 is 0 Å². The number of aromatic nitrogens is 2. The average Bonchev–Trinajstić information content (AvgIpc) is 2.99. The molecule has 2 aromatic carbocycles. The van der Waals surface area contributed by atoms with Crippen LogP contribution in [-0.4, -0.2) is 16.5 Å². The number of fused-ring (bicyclic) bond motifs is 4. The molecular weight excluding hydrogens is 398 g/mol. The fourth-order valence-corrected chi connectivity index (χ4v) is 6.40. The highest BCUT2D eigenvalue weighted by atomic mass is 32.1. The molecule has 2 aromatic heterocycles. The molecule has 1 aliphatic carbocycles. The van der Waals surface area contributed by atoms with Crippen LogP contribution in [0.15, 0.2) is 54.6 Å². The molecule has 0 saturated heterocycles. The summed E-state index contributed by atoms with van der Waals surface area (Å²) in [5.41, 5.74) is 5.73. The van der Waals surface area contributed by atoms with E-state index in [4.69, 9.17) is 9.97 Å². The maximum atomic E-state index is 5.23. The third kappa shape index (κ3) is 3.63. The molecule has 4 aromatic rings. The smallest absolute Gasteiger partial charge is 0.141 e. The Kier molecular flexibility index (Phi) is 4.95. The standard InChI is InChI=1S/C27H27N3S/c1-3-9-19(10-4-1)17-24-28-26(30-16-15-20-11-7-8-12-21(20)18-30)25-22-13-5-2-6-14-23(22)31-27(25)29-24/h1,3-4,7-12H,2,5-6,13-18H2. The second-order valence-electron chi connectivity index (χ2n) is 8.81. The average molecular weight is 426 g/mol. The highest BCUT2D eigenvalue weighted by molar-refractivity contribution is 7.19. The molecule has 0 unspecified atom stereocenters. The van der Waals surface area contributed by atoms with Crippen LogP contribution in [0.2, 0.25) is 0 Å². The number of anilines is 1. The van der Waals surface area contributed by atoms with Crippen molar-refractivity contribution in [3.05, 3.63) is 87.6 Å². The van der Waals surface area contributed by atoms with Gasteiger partial charge in [-0.2, -0.15) is 0 Å². The lowest BCUT2D eigenvalue weighted by Crippen LogP contribution is -2.31. The van der Waals surface area contributed by atoms with Crippen LogP contribution in [0.1, 0.15) is 52.2 Å². The predicted molar refractivity (Wildman–Crippen MR) is 129 cm³/mol. The molecule has 0 radical (unpaired) electrons. The second kappa shape index (κ2) is 8.08. The largest absolute Gasteiger partial charge is 0.351 e. The zero-order valence-corrected chi connectivity index (χ0v) is 18.6. The minimum Gasteiger partial charge on any atom is -0.351 e. The van der Waals surface area contributed by atoms with Gasteiger partial charge in [-0.25, -0.2) is 9.97 Å². The van der Waals surface area contributed by atoms with Gasteiger partial charge in [0.25, 0.3) is 0 Å². The topological polar surface area (TPSA) is 29.0 Å². The summed E-state index contributed by atoms with van der Waals surface area (Å²) in [4.78, 5) is 15.6. The van der Waals surface area contributed by atoms with Crippen molar-refractivity contribution in [3.63, 3.8) is 0 Å². The number of thiophene rings is 1. The van der Waals surface area contributed by atoms with E-state index in [1.807, 2.05) is 11.3 Å². The van der Waals surface area contributed by atoms with Crippen molar-refractivity contribution in [2.75, 3.05) is 11.4 Å². The Hall–Kier alpha value is -2.72. The highest BCUT2D eigenvalue weighted by Crippen LogP contribution is 2.40. The molecule has 0 fully saturated rings. The Morgan fingerprint density at radius 2 is 1.61 bits per heavy atom. The molecule has 4 heteroatoms. The summed E-state index contributed by atoms with van der Waals surface area (Å²) in [6.45, 7) is 1.97. The van der Waals surface area contributed by atoms with E-state index in [-0.39, 0.29) is 0 Å². The number of nitrogens with zero attached hydrogens (tertiary/aromatic N) is 3. The van der Waals surface area contributed by atoms with E-state index in [0.717, 1.165) is 31.8 Å². The van der Waals surface area contributed by atoms with Crippen molar-refractivity contribution in [1.82, 2.24) is 9.97 Å². The summed E-state index contributed by atoms with van der Waals surface area (Å²) >= 11 is 1.92. The van der Waals surface area contributed by atoms with Gasteiger partial charge in [0.1, 0.15) is 16.5 Å². The first-order valence-corrected chi connectivity index (χ1v) is 12.3. The minimum absolute atomic E-state index is 0.788. The van der Waals surface area contributed by atoms with Gasteiger partial charge in [0.15, 0.2) is 0 Å². The van der Waals surface area contributed by atoms with Gasteiger partial charge in [0.2, 0.25) is 0 Å². The van der Waals surface area contributed by atoms with Gasteiger partial charge in [-0.1, -0.05) is 61.0 Å². The zero-order chi connectivity index (χ0) is 20.6. The van der Waals surface area contributed by atoms with Crippen LogP contribution in [0.4, 0.5) is 5.82 Å². The maximum Gasteiger partial charge on any atom is 0.141 e. The van der Waals surface area contributed by atoms with Gasteiger partial charge < -0.3 is 4.90 Å². The van der Waals surface area contributed by atoms with Crippen LogP contribution in [0.3, 0.4) is 0 Å². The second-order valence-corrected chi connectivity index (χ2v) is 9.89. The van der Waals surface area contributed by atoms with Crippen LogP contribution in [0.25, 0.3) is 10.2 Å². The molecule has 0 bridgehead atoms. The molecule has 6 rings (SSSR count). The Balaban J connectivity index is 1.48. The van der Waals surface area contributed by atoms with Crippen LogP contribution in [0, 0.1) is 0 Å². The number of aryl methyl sites for hydroxylation is 2. The van der Waals surface area contributed by atoms with E-state index in [1.165, 1.54) is 70.4 Å². The number of rotatable bonds is 3. The Bertz CT molecular complexity index is 1230. The molecule has 31 heavy (non-hydrogen) atoms. The summed E-state index contributed by atoms with van der Waals surface area (Å²) in [6.07, 6.45) is 8.17. The van der Waals surface area contributed by atoms with Gasteiger partial charge in [-0.15, -0.1) is 11.3 Å². The van der Waals surface area contributed by atoms with Gasteiger partial charge in [-0.05, 0) is 54.4 Å². The molecule has 0 N–H and O–H groups in total. The van der Waals surface area contributed by atoms with E-state index < -0.39 is 0 Å².